The predicted molar refractivity (Wildman–Crippen MR) is 83.7 cm³/mol. The van der Waals surface area contributed by atoms with Gasteiger partial charge in [0.2, 0.25) is 5.91 Å². The highest BCUT2D eigenvalue weighted by Crippen LogP contribution is 2.16. The SMILES string of the molecule is CC(Cc1ccccc1F)C(=O)NC(CO)c1ccccc1. The molecule has 0 aliphatic carbocycles. The molecule has 0 heterocycles. The van der Waals surface area contributed by atoms with Crippen LogP contribution in [0.3, 0.4) is 0 Å². The van der Waals surface area contributed by atoms with Gasteiger partial charge >= 0.3 is 0 Å². The number of benzene rings is 2. The smallest absolute Gasteiger partial charge is 0.223 e. The van der Waals surface area contributed by atoms with Crippen LogP contribution in [0.1, 0.15) is 24.1 Å². The van der Waals surface area contributed by atoms with Crippen LogP contribution in [0.5, 0.6) is 0 Å². The molecule has 3 nitrogen and oxygen atoms in total. The zero-order valence-electron chi connectivity index (χ0n) is 12.5. The summed E-state index contributed by atoms with van der Waals surface area (Å²) in [6.07, 6.45) is 0.325. The van der Waals surface area contributed by atoms with Crippen LogP contribution in [0, 0.1) is 11.7 Å². The lowest BCUT2D eigenvalue weighted by Crippen LogP contribution is -2.35. The lowest BCUT2D eigenvalue weighted by atomic mass is 9.99. The molecule has 116 valence electrons. The highest BCUT2D eigenvalue weighted by molar-refractivity contribution is 5.79. The van der Waals surface area contributed by atoms with Crippen LogP contribution in [0.25, 0.3) is 0 Å². The highest BCUT2D eigenvalue weighted by atomic mass is 19.1. The monoisotopic (exact) mass is 301 g/mol. The molecule has 2 unspecified atom stereocenters. The quantitative estimate of drug-likeness (QED) is 0.862. The first-order valence-corrected chi connectivity index (χ1v) is 7.31. The molecule has 2 aromatic carbocycles. The first-order valence-electron chi connectivity index (χ1n) is 7.31. The zero-order valence-corrected chi connectivity index (χ0v) is 12.5. The van der Waals surface area contributed by atoms with Gasteiger partial charge in [-0.05, 0) is 23.6 Å². The fourth-order valence-corrected chi connectivity index (χ4v) is 2.32. The molecule has 0 bridgehead atoms. The minimum absolute atomic E-state index is 0.178. The average Bonchev–Trinajstić information content (AvgIpc) is 2.55. The summed E-state index contributed by atoms with van der Waals surface area (Å²) < 4.78 is 13.6. The number of hydrogen-bond acceptors (Lipinski definition) is 2. The number of hydrogen-bond donors (Lipinski definition) is 2. The molecule has 2 N–H and O–H groups in total. The number of carbonyl (C=O) groups is 1. The zero-order chi connectivity index (χ0) is 15.9. The molecule has 0 radical (unpaired) electrons. The summed E-state index contributed by atoms with van der Waals surface area (Å²) in [6, 6.07) is 15.3. The number of rotatable bonds is 6. The summed E-state index contributed by atoms with van der Waals surface area (Å²) in [7, 11) is 0. The third kappa shape index (κ3) is 4.15. The fourth-order valence-electron chi connectivity index (χ4n) is 2.32. The Morgan fingerprint density at radius 3 is 2.41 bits per heavy atom. The maximum Gasteiger partial charge on any atom is 0.223 e. The Hall–Kier alpha value is -2.20. The van der Waals surface area contributed by atoms with E-state index in [0.29, 0.717) is 12.0 Å². The Morgan fingerprint density at radius 1 is 1.14 bits per heavy atom. The van der Waals surface area contributed by atoms with Gasteiger partial charge in [0.1, 0.15) is 5.82 Å². The van der Waals surface area contributed by atoms with Crippen LogP contribution in [0.4, 0.5) is 4.39 Å². The molecule has 0 aromatic heterocycles. The first-order chi connectivity index (χ1) is 10.6. The minimum Gasteiger partial charge on any atom is -0.394 e. The third-order valence-electron chi connectivity index (χ3n) is 3.63. The van der Waals surface area contributed by atoms with Crippen LogP contribution in [0.2, 0.25) is 0 Å². The van der Waals surface area contributed by atoms with Crippen molar-refractivity contribution in [2.45, 2.75) is 19.4 Å². The summed E-state index contributed by atoms with van der Waals surface area (Å²) in [5.41, 5.74) is 1.36. The summed E-state index contributed by atoms with van der Waals surface area (Å²) in [5, 5.41) is 12.3. The van der Waals surface area contributed by atoms with Crippen molar-refractivity contribution in [2.24, 2.45) is 5.92 Å². The fraction of sp³-hybridized carbons (Fsp3) is 0.278. The second-order valence-electron chi connectivity index (χ2n) is 5.35. The van der Waals surface area contributed by atoms with E-state index in [9.17, 15) is 14.3 Å². The minimum atomic E-state index is -0.447. The van der Waals surface area contributed by atoms with E-state index >= 15 is 0 Å². The second kappa shape index (κ2) is 7.71. The molecule has 1 amide bonds. The molecule has 4 heteroatoms. The van der Waals surface area contributed by atoms with Crippen molar-refractivity contribution in [1.82, 2.24) is 5.32 Å². The Morgan fingerprint density at radius 2 is 1.77 bits per heavy atom. The van der Waals surface area contributed by atoms with Crippen molar-refractivity contribution in [2.75, 3.05) is 6.61 Å². The normalized spacial score (nSPS) is 13.4. The van der Waals surface area contributed by atoms with Gasteiger partial charge < -0.3 is 10.4 Å². The molecule has 0 spiro atoms. The van der Waals surface area contributed by atoms with Crippen LogP contribution in [0.15, 0.2) is 54.6 Å². The average molecular weight is 301 g/mol. The highest BCUT2D eigenvalue weighted by Gasteiger charge is 2.19. The third-order valence-corrected chi connectivity index (χ3v) is 3.63. The van der Waals surface area contributed by atoms with Gasteiger partial charge in [-0.25, -0.2) is 4.39 Å². The Kier molecular flexibility index (Phi) is 5.67. The van der Waals surface area contributed by atoms with Crippen LogP contribution in [-0.4, -0.2) is 17.6 Å². The van der Waals surface area contributed by atoms with Crippen molar-refractivity contribution in [3.63, 3.8) is 0 Å². The van der Waals surface area contributed by atoms with E-state index in [0.717, 1.165) is 5.56 Å². The number of amides is 1. The van der Waals surface area contributed by atoms with Crippen molar-refractivity contribution < 1.29 is 14.3 Å². The number of aliphatic hydroxyl groups excluding tert-OH is 1. The molecular weight excluding hydrogens is 281 g/mol. The van der Waals surface area contributed by atoms with E-state index in [1.807, 2.05) is 30.3 Å². The first kappa shape index (κ1) is 16.2. The predicted octanol–water partition coefficient (Wildman–Crippen LogP) is 2.85. The number of halogens is 1. The molecule has 0 aliphatic rings. The Labute approximate surface area is 129 Å². The number of aliphatic hydroxyl groups is 1. The van der Waals surface area contributed by atoms with E-state index in [4.69, 9.17) is 0 Å². The molecule has 0 fully saturated rings. The molecule has 0 saturated carbocycles. The maximum absolute atomic E-state index is 13.6. The van der Waals surface area contributed by atoms with Gasteiger partial charge in [-0.2, -0.15) is 0 Å². The molecule has 2 rings (SSSR count). The van der Waals surface area contributed by atoms with E-state index in [-0.39, 0.29) is 24.2 Å². The molecule has 2 aromatic rings. The summed E-state index contributed by atoms with van der Waals surface area (Å²) in [6.45, 7) is 1.57. The largest absolute Gasteiger partial charge is 0.394 e. The van der Waals surface area contributed by atoms with Crippen LogP contribution in [-0.2, 0) is 11.2 Å². The lowest BCUT2D eigenvalue weighted by molar-refractivity contribution is -0.125. The molecule has 22 heavy (non-hydrogen) atoms. The topological polar surface area (TPSA) is 49.3 Å². The van der Waals surface area contributed by atoms with Gasteiger partial charge in [0.05, 0.1) is 12.6 Å². The second-order valence-corrected chi connectivity index (χ2v) is 5.35. The van der Waals surface area contributed by atoms with Gasteiger partial charge in [-0.1, -0.05) is 55.5 Å². The van der Waals surface area contributed by atoms with Gasteiger partial charge in [0.15, 0.2) is 0 Å². The maximum atomic E-state index is 13.6. The van der Waals surface area contributed by atoms with Crippen LogP contribution >= 0.6 is 0 Å². The summed E-state index contributed by atoms with van der Waals surface area (Å²) >= 11 is 0. The van der Waals surface area contributed by atoms with Crippen molar-refractivity contribution in [3.05, 3.63) is 71.5 Å². The van der Waals surface area contributed by atoms with E-state index in [2.05, 4.69) is 5.32 Å². The van der Waals surface area contributed by atoms with Gasteiger partial charge in [-0.3, -0.25) is 4.79 Å². The Bertz CT molecular complexity index is 615. The molecular formula is C18H20FNO2. The lowest BCUT2D eigenvalue weighted by Gasteiger charge is -2.20. The van der Waals surface area contributed by atoms with Gasteiger partial charge in [0, 0.05) is 5.92 Å². The van der Waals surface area contributed by atoms with Gasteiger partial charge in [-0.15, -0.1) is 0 Å². The van der Waals surface area contributed by atoms with Crippen molar-refractivity contribution in [3.8, 4) is 0 Å². The summed E-state index contributed by atoms with van der Waals surface area (Å²) in [4.78, 5) is 12.3. The number of carbonyl (C=O) groups excluding carboxylic acids is 1. The standard InChI is InChI=1S/C18H20FNO2/c1-13(11-15-9-5-6-10-16(15)19)18(22)20-17(12-21)14-7-3-2-4-8-14/h2-10,13,17,21H,11-12H2,1H3,(H,20,22). The van der Waals surface area contributed by atoms with Gasteiger partial charge in [0.25, 0.3) is 0 Å². The summed E-state index contributed by atoms with van der Waals surface area (Å²) in [5.74, 6) is -0.885. The number of nitrogens with one attached hydrogen (secondary N) is 1. The van der Waals surface area contributed by atoms with E-state index < -0.39 is 6.04 Å². The molecule has 0 saturated heterocycles. The van der Waals surface area contributed by atoms with E-state index in [1.54, 1.807) is 25.1 Å². The van der Waals surface area contributed by atoms with Crippen molar-refractivity contribution in [1.29, 1.82) is 0 Å². The Balaban J connectivity index is 2.00. The van der Waals surface area contributed by atoms with Crippen LogP contribution < -0.4 is 5.32 Å². The van der Waals surface area contributed by atoms with Crippen molar-refractivity contribution >= 4 is 5.91 Å². The molecule has 2 atom stereocenters. The molecule has 0 aliphatic heterocycles. The van der Waals surface area contributed by atoms with E-state index in [1.165, 1.54) is 6.07 Å².